The van der Waals surface area contributed by atoms with Crippen LogP contribution >= 0.6 is 0 Å². The highest BCUT2D eigenvalue weighted by Gasteiger charge is 2.42. The van der Waals surface area contributed by atoms with Gasteiger partial charge in [-0.3, -0.25) is 10.2 Å². The lowest BCUT2D eigenvalue weighted by atomic mass is 9.81. The van der Waals surface area contributed by atoms with E-state index in [0.29, 0.717) is 17.9 Å². The average Bonchev–Trinajstić information content (AvgIpc) is 3.20. The van der Waals surface area contributed by atoms with Crippen molar-refractivity contribution < 1.29 is 9.18 Å². The minimum Gasteiger partial charge on any atom is -0.341 e. The minimum atomic E-state index is -0.156. The number of halogens is 1. The number of hydrazine groups is 1. The van der Waals surface area contributed by atoms with Crippen molar-refractivity contribution in [1.82, 2.24) is 20.7 Å². The van der Waals surface area contributed by atoms with Crippen molar-refractivity contribution in [3.05, 3.63) is 35.6 Å². The fourth-order valence-electron chi connectivity index (χ4n) is 5.65. The first-order chi connectivity index (χ1) is 14.6. The van der Waals surface area contributed by atoms with Gasteiger partial charge in [-0.25, -0.2) is 9.82 Å². The second kappa shape index (κ2) is 10.2. The van der Waals surface area contributed by atoms with Crippen LogP contribution in [0.25, 0.3) is 0 Å². The van der Waals surface area contributed by atoms with Gasteiger partial charge in [0.1, 0.15) is 11.9 Å². The number of hydrogen-bond donors (Lipinski definition) is 2. The number of fused-ring (bicyclic) bond motifs is 1. The van der Waals surface area contributed by atoms with Gasteiger partial charge in [-0.05, 0) is 69.2 Å². The van der Waals surface area contributed by atoms with Crippen LogP contribution in [0.1, 0.15) is 51.0 Å². The lowest BCUT2D eigenvalue weighted by molar-refractivity contribution is -0.135. The van der Waals surface area contributed by atoms with Gasteiger partial charge in [0.25, 0.3) is 0 Å². The minimum absolute atomic E-state index is 0.0667. The zero-order valence-corrected chi connectivity index (χ0v) is 18.3. The van der Waals surface area contributed by atoms with Crippen LogP contribution in [-0.4, -0.2) is 60.5 Å². The Labute approximate surface area is 180 Å². The van der Waals surface area contributed by atoms with E-state index in [1.54, 1.807) is 12.1 Å². The highest BCUT2D eigenvalue weighted by molar-refractivity contribution is 5.82. The molecule has 166 valence electrons. The third-order valence-electron chi connectivity index (χ3n) is 7.32. The van der Waals surface area contributed by atoms with Crippen LogP contribution in [0.15, 0.2) is 24.3 Å². The predicted molar refractivity (Wildman–Crippen MR) is 117 cm³/mol. The topological polar surface area (TPSA) is 47.6 Å². The first-order valence-corrected chi connectivity index (χ1v) is 11.9. The largest absolute Gasteiger partial charge is 0.341 e. The molecule has 30 heavy (non-hydrogen) atoms. The monoisotopic (exact) mass is 416 g/mol. The summed E-state index contributed by atoms with van der Waals surface area (Å²) in [6.07, 6.45) is 8.06. The SMILES string of the molecule is CCN(CC1CCCN(CCc2cccc(F)c2)C1)C(=O)C1NNC2CCCCC21. The molecule has 4 rings (SSSR count). The number of benzene rings is 1. The summed E-state index contributed by atoms with van der Waals surface area (Å²) in [4.78, 5) is 17.9. The maximum absolute atomic E-state index is 13.4. The summed E-state index contributed by atoms with van der Waals surface area (Å²) in [5.74, 6) is 1.08. The van der Waals surface area contributed by atoms with Crippen LogP contribution in [0.2, 0.25) is 0 Å². The Kier molecular flexibility index (Phi) is 7.39. The van der Waals surface area contributed by atoms with E-state index in [4.69, 9.17) is 0 Å². The molecule has 2 heterocycles. The van der Waals surface area contributed by atoms with Crippen LogP contribution in [-0.2, 0) is 11.2 Å². The van der Waals surface area contributed by atoms with Gasteiger partial charge in [0.05, 0.1) is 0 Å². The van der Waals surface area contributed by atoms with Crippen molar-refractivity contribution in [2.45, 2.75) is 64.0 Å². The molecule has 0 spiro atoms. The molecule has 2 N–H and O–H groups in total. The van der Waals surface area contributed by atoms with Gasteiger partial charge >= 0.3 is 0 Å². The summed E-state index contributed by atoms with van der Waals surface area (Å²) in [6.45, 7) is 6.81. The second-order valence-electron chi connectivity index (χ2n) is 9.39. The highest BCUT2D eigenvalue weighted by Crippen LogP contribution is 2.31. The van der Waals surface area contributed by atoms with E-state index >= 15 is 0 Å². The van der Waals surface area contributed by atoms with Gasteiger partial charge in [-0.2, -0.15) is 0 Å². The number of likely N-dealkylation sites (N-methyl/N-ethyl adjacent to an activating group) is 1. The molecule has 1 aromatic rings. The molecule has 0 radical (unpaired) electrons. The van der Waals surface area contributed by atoms with Crippen molar-refractivity contribution in [1.29, 1.82) is 0 Å². The van der Waals surface area contributed by atoms with Crippen molar-refractivity contribution >= 4 is 5.91 Å². The lowest BCUT2D eigenvalue weighted by Crippen LogP contribution is -2.50. The number of amides is 1. The Balaban J connectivity index is 1.29. The normalized spacial score (nSPS) is 29.5. The maximum atomic E-state index is 13.4. The van der Waals surface area contributed by atoms with E-state index in [-0.39, 0.29) is 17.8 Å². The number of likely N-dealkylation sites (tertiary alicyclic amines) is 1. The molecule has 6 heteroatoms. The number of hydrogen-bond acceptors (Lipinski definition) is 4. The Morgan fingerprint density at radius 2 is 2.07 bits per heavy atom. The summed E-state index contributed by atoms with van der Waals surface area (Å²) in [5.41, 5.74) is 7.76. The van der Waals surface area contributed by atoms with Gasteiger partial charge in [0.15, 0.2) is 0 Å². The molecule has 3 aliphatic rings. The van der Waals surface area contributed by atoms with E-state index in [9.17, 15) is 9.18 Å². The zero-order chi connectivity index (χ0) is 20.9. The molecule has 0 bridgehead atoms. The molecule has 4 unspecified atom stereocenters. The smallest absolute Gasteiger partial charge is 0.241 e. The fourth-order valence-corrected chi connectivity index (χ4v) is 5.65. The average molecular weight is 417 g/mol. The Bertz CT molecular complexity index is 714. The van der Waals surface area contributed by atoms with Crippen LogP contribution in [0.3, 0.4) is 0 Å². The van der Waals surface area contributed by atoms with Crippen LogP contribution in [0.4, 0.5) is 4.39 Å². The second-order valence-corrected chi connectivity index (χ2v) is 9.39. The lowest BCUT2D eigenvalue weighted by Gasteiger charge is -2.37. The van der Waals surface area contributed by atoms with Crippen molar-refractivity contribution in [2.24, 2.45) is 11.8 Å². The Morgan fingerprint density at radius 1 is 1.20 bits per heavy atom. The van der Waals surface area contributed by atoms with Crippen LogP contribution in [0.5, 0.6) is 0 Å². The summed E-state index contributed by atoms with van der Waals surface area (Å²) < 4.78 is 13.4. The molecule has 1 saturated carbocycles. The summed E-state index contributed by atoms with van der Waals surface area (Å²) in [5, 5.41) is 0. The molecule has 3 fully saturated rings. The molecule has 1 aromatic carbocycles. The Hall–Kier alpha value is -1.50. The van der Waals surface area contributed by atoms with Gasteiger partial charge in [0.2, 0.25) is 5.91 Å². The highest BCUT2D eigenvalue weighted by atomic mass is 19.1. The predicted octanol–water partition coefficient (Wildman–Crippen LogP) is 2.96. The molecular formula is C24H37FN4O. The molecule has 5 nitrogen and oxygen atoms in total. The maximum Gasteiger partial charge on any atom is 0.241 e. The van der Waals surface area contributed by atoms with Crippen LogP contribution in [0, 0.1) is 17.7 Å². The quantitative estimate of drug-likeness (QED) is 0.718. The van der Waals surface area contributed by atoms with Gasteiger partial charge in [0, 0.05) is 38.1 Å². The van der Waals surface area contributed by atoms with E-state index < -0.39 is 0 Å². The number of carbonyl (C=O) groups excluding carboxylic acids is 1. The summed E-state index contributed by atoms with van der Waals surface area (Å²) in [6, 6.07) is 7.32. The summed E-state index contributed by atoms with van der Waals surface area (Å²) >= 11 is 0. The molecule has 0 aromatic heterocycles. The van der Waals surface area contributed by atoms with Crippen LogP contribution < -0.4 is 10.9 Å². The van der Waals surface area contributed by atoms with Gasteiger partial charge < -0.3 is 9.80 Å². The zero-order valence-electron chi connectivity index (χ0n) is 18.3. The van der Waals surface area contributed by atoms with E-state index in [1.807, 2.05) is 6.07 Å². The number of nitrogens with zero attached hydrogens (tertiary/aromatic N) is 2. The molecule has 1 aliphatic carbocycles. The summed E-state index contributed by atoms with van der Waals surface area (Å²) in [7, 11) is 0. The molecular weight excluding hydrogens is 379 g/mol. The molecule has 2 saturated heterocycles. The molecule has 4 atom stereocenters. The number of nitrogens with one attached hydrogen (secondary N) is 2. The van der Waals surface area contributed by atoms with E-state index in [1.165, 1.54) is 38.2 Å². The Morgan fingerprint density at radius 3 is 2.90 bits per heavy atom. The molecule has 2 aliphatic heterocycles. The van der Waals surface area contributed by atoms with Crippen molar-refractivity contribution in [2.75, 3.05) is 32.7 Å². The first-order valence-electron chi connectivity index (χ1n) is 11.9. The number of piperidine rings is 1. The number of rotatable bonds is 7. The van der Waals surface area contributed by atoms with Crippen molar-refractivity contribution in [3.63, 3.8) is 0 Å². The fraction of sp³-hybridized carbons (Fsp3) is 0.708. The standard InChI is InChI=1S/C24H37FN4O/c1-2-29(24(30)23-21-10-3-4-11-22(21)26-27-23)17-19-8-6-13-28(16-19)14-12-18-7-5-9-20(25)15-18/h5,7,9,15,19,21-23,26-27H,2-4,6,8,10-14,16-17H2,1H3. The third-order valence-corrected chi connectivity index (χ3v) is 7.32. The molecule has 1 amide bonds. The number of carbonyl (C=O) groups is 1. The van der Waals surface area contributed by atoms with E-state index in [2.05, 4.69) is 27.6 Å². The third kappa shape index (κ3) is 5.21. The first kappa shape index (κ1) is 21.7. The van der Waals surface area contributed by atoms with E-state index in [0.717, 1.165) is 51.1 Å². The van der Waals surface area contributed by atoms with Crippen molar-refractivity contribution in [3.8, 4) is 0 Å². The van der Waals surface area contributed by atoms with Gasteiger partial charge in [-0.1, -0.05) is 25.0 Å². The van der Waals surface area contributed by atoms with Gasteiger partial charge in [-0.15, -0.1) is 0 Å².